The van der Waals surface area contributed by atoms with Crippen LogP contribution < -0.4 is 18.9 Å². The Kier molecular flexibility index (Phi) is 40.0. The summed E-state index contributed by atoms with van der Waals surface area (Å²) >= 11 is 0. The van der Waals surface area contributed by atoms with E-state index in [1.807, 2.05) is 24.3 Å². The van der Waals surface area contributed by atoms with Gasteiger partial charge in [-0.15, -0.1) is 12.8 Å². The Morgan fingerprint density at radius 3 is 0.750 bits per heavy atom. The van der Waals surface area contributed by atoms with Crippen molar-refractivity contribution in [3.05, 3.63) is 116 Å². The molecule has 8 rings (SSSR count). The Balaban J connectivity index is 1.30. The maximum Gasteiger partial charge on any atom is 0.136 e. The molecule has 0 fully saturated rings. The highest BCUT2D eigenvalue weighted by Crippen LogP contribution is 2.32. The molecule has 4 aromatic rings. The van der Waals surface area contributed by atoms with Crippen LogP contribution in [-0.2, 0) is 25.7 Å². The van der Waals surface area contributed by atoms with Gasteiger partial charge in [-0.3, -0.25) is 0 Å². The average Bonchev–Trinajstić information content (AvgIpc) is 3.74. The van der Waals surface area contributed by atoms with E-state index in [0.717, 1.165) is 121 Å². The van der Waals surface area contributed by atoms with E-state index in [4.69, 9.17) is 31.8 Å². The fraction of sp³-hybridized carbons (Fsp3) is 0.619. The summed E-state index contributed by atoms with van der Waals surface area (Å²) in [5.74, 6) is 23.3. The first-order valence-electron chi connectivity index (χ1n) is 36.6. The molecule has 0 saturated carbocycles. The van der Waals surface area contributed by atoms with Gasteiger partial charge in [-0.25, -0.2) is 0 Å². The minimum atomic E-state index is 0.640. The second-order valence-electron chi connectivity index (χ2n) is 25.6. The van der Waals surface area contributed by atoms with Crippen LogP contribution in [0.4, 0.5) is 0 Å². The molecule has 4 nitrogen and oxygen atoms in total. The molecular weight excluding hydrogens is 1070 g/mol. The molecule has 4 aliphatic rings. The van der Waals surface area contributed by atoms with E-state index in [2.05, 4.69) is 99.6 Å². The van der Waals surface area contributed by atoms with Crippen LogP contribution in [0.3, 0.4) is 0 Å². The molecule has 0 spiro atoms. The van der Waals surface area contributed by atoms with Crippen LogP contribution >= 0.6 is 0 Å². The first kappa shape index (κ1) is 73.1. The van der Waals surface area contributed by atoms with Crippen molar-refractivity contribution < 1.29 is 18.9 Å². The third-order valence-electron chi connectivity index (χ3n) is 17.9. The largest absolute Gasteiger partial charge is 0.492 e. The zero-order valence-electron chi connectivity index (χ0n) is 56.5. The zero-order valence-corrected chi connectivity index (χ0v) is 56.5. The first-order chi connectivity index (χ1) is 43.5. The van der Waals surface area contributed by atoms with Gasteiger partial charge in [-0.1, -0.05) is 319 Å². The van der Waals surface area contributed by atoms with Crippen LogP contribution in [-0.4, -0.2) is 26.4 Å². The predicted molar refractivity (Wildman–Crippen MR) is 378 cm³/mol. The molecule has 480 valence electrons. The van der Waals surface area contributed by atoms with Crippen LogP contribution in [0.2, 0.25) is 0 Å². The Bertz CT molecular complexity index is 2540. The SMILES string of the molecule is C#Cc1cc(OCCCCCCCCCCCC)c(C#Cc2cc3ccc2CCc2ccc(c(C#Cc4cc(OCCCCCCCCCCCC)c(C#C)cc4OCCCCCCCCCCCC)c2)CC3)cc1OCCCCCCCCCCCC. The topological polar surface area (TPSA) is 36.9 Å². The fourth-order valence-electron chi connectivity index (χ4n) is 12.2. The third kappa shape index (κ3) is 30.7. The van der Waals surface area contributed by atoms with Crippen molar-refractivity contribution in [3.63, 3.8) is 0 Å². The molecule has 0 atom stereocenters. The molecular formula is C84H120O4. The van der Waals surface area contributed by atoms with E-state index in [1.54, 1.807) is 0 Å². The number of rotatable bonds is 48. The number of aryl methyl sites for hydroxylation is 4. The molecule has 4 aromatic carbocycles. The summed E-state index contributed by atoms with van der Waals surface area (Å²) in [5, 5.41) is 0. The molecule has 0 amide bonds. The Hall–Kier alpha value is -5.68. The lowest BCUT2D eigenvalue weighted by Gasteiger charge is -2.15. The standard InChI is InChI=1S/C84H120O4/c1-7-13-17-21-25-29-33-37-41-45-61-85-81-69-79(83(67-73(81)11-5)87-63-47-43-39-35-31-27-23-19-15-9-3)59-57-77-65-71-49-53-75(77)55-51-72-50-54-76(56-52-71)78(66-72)58-60-80-70-82(86-62-46-42-38-34-30-26-22-18-14-8-2)74(12-6)68-84(80)88-64-48-44-40-36-32-28-24-20-16-10-4/h5-6,49-50,53-54,65-70H,7-10,13-48,51-52,55-56,61-64H2,1-4H3. The first-order valence-corrected chi connectivity index (χ1v) is 36.6. The van der Waals surface area contributed by atoms with E-state index in [-0.39, 0.29) is 0 Å². The molecule has 0 aliphatic heterocycles. The lowest BCUT2D eigenvalue weighted by atomic mass is 9.91. The normalized spacial score (nSPS) is 11.7. The van der Waals surface area contributed by atoms with Crippen molar-refractivity contribution in [2.75, 3.05) is 26.4 Å². The van der Waals surface area contributed by atoms with Crippen molar-refractivity contribution in [2.24, 2.45) is 0 Å². The number of hydrogen-bond acceptors (Lipinski definition) is 4. The van der Waals surface area contributed by atoms with Gasteiger partial charge in [0.2, 0.25) is 0 Å². The van der Waals surface area contributed by atoms with Gasteiger partial charge in [0.05, 0.1) is 48.7 Å². The minimum Gasteiger partial charge on any atom is -0.492 e. The van der Waals surface area contributed by atoms with Gasteiger partial charge in [0, 0.05) is 35.4 Å². The van der Waals surface area contributed by atoms with Gasteiger partial charge in [-0.05, 0) is 85.8 Å². The van der Waals surface area contributed by atoms with Crippen LogP contribution in [0, 0.1) is 48.4 Å². The molecule has 4 bridgehead atoms. The Morgan fingerprint density at radius 1 is 0.261 bits per heavy atom. The summed E-state index contributed by atoms with van der Waals surface area (Å²) in [7, 11) is 0. The second-order valence-corrected chi connectivity index (χ2v) is 25.6. The van der Waals surface area contributed by atoms with E-state index < -0.39 is 0 Å². The second kappa shape index (κ2) is 48.2. The van der Waals surface area contributed by atoms with Gasteiger partial charge in [0.25, 0.3) is 0 Å². The van der Waals surface area contributed by atoms with Gasteiger partial charge in [0.15, 0.2) is 0 Å². The lowest BCUT2D eigenvalue weighted by molar-refractivity contribution is 0.295. The van der Waals surface area contributed by atoms with E-state index in [1.165, 1.54) is 241 Å². The highest BCUT2D eigenvalue weighted by molar-refractivity contribution is 5.62. The van der Waals surface area contributed by atoms with Gasteiger partial charge < -0.3 is 18.9 Å². The van der Waals surface area contributed by atoms with Crippen molar-refractivity contribution in [2.45, 2.75) is 310 Å². The lowest BCUT2D eigenvalue weighted by Crippen LogP contribution is -2.04. The molecule has 0 unspecified atom stereocenters. The summed E-state index contributed by atoms with van der Waals surface area (Å²) in [6.07, 6.45) is 67.1. The number of terminal acetylenes is 2. The number of benzene rings is 4. The molecule has 0 aromatic heterocycles. The van der Waals surface area contributed by atoms with Crippen molar-refractivity contribution in [1.82, 2.24) is 0 Å². The van der Waals surface area contributed by atoms with Crippen LogP contribution in [0.15, 0.2) is 60.7 Å². The maximum absolute atomic E-state index is 6.59. The van der Waals surface area contributed by atoms with E-state index >= 15 is 0 Å². The minimum absolute atomic E-state index is 0.640. The van der Waals surface area contributed by atoms with Crippen LogP contribution in [0.1, 0.15) is 340 Å². The van der Waals surface area contributed by atoms with Crippen molar-refractivity contribution in [1.29, 1.82) is 0 Å². The Morgan fingerprint density at radius 2 is 0.489 bits per heavy atom. The van der Waals surface area contributed by atoms with Crippen LogP contribution in [0.25, 0.3) is 0 Å². The molecule has 0 heterocycles. The highest BCUT2D eigenvalue weighted by Gasteiger charge is 2.15. The molecule has 0 N–H and O–H groups in total. The third-order valence-corrected chi connectivity index (χ3v) is 17.9. The van der Waals surface area contributed by atoms with Crippen molar-refractivity contribution >= 4 is 0 Å². The number of unbranched alkanes of at least 4 members (excludes halogenated alkanes) is 36. The van der Waals surface area contributed by atoms with Crippen LogP contribution in [0.5, 0.6) is 23.0 Å². The average molecular weight is 1190 g/mol. The fourth-order valence-corrected chi connectivity index (χ4v) is 12.2. The van der Waals surface area contributed by atoms with Gasteiger partial charge in [0.1, 0.15) is 23.0 Å². The quantitative estimate of drug-likeness (QED) is 0.0326. The van der Waals surface area contributed by atoms with Gasteiger partial charge in [-0.2, -0.15) is 0 Å². The number of ether oxygens (including phenoxy) is 4. The predicted octanol–water partition coefficient (Wildman–Crippen LogP) is 23.5. The molecule has 4 heteroatoms. The molecule has 88 heavy (non-hydrogen) atoms. The monoisotopic (exact) mass is 1190 g/mol. The van der Waals surface area contributed by atoms with Crippen molar-refractivity contribution in [3.8, 4) is 71.4 Å². The summed E-state index contributed by atoms with van der Waals surface area (Å²) in [6, 6.07) is 21.9. The maximum atomic E-state index is 6.59. The number of hydrogen-bond donors (Lipinski definition) is 0. The molecule has 0 radical (unpaired) electrons. The summed E-state index contributed by atoms with van der Waals surface area (Å²) < 4.78 is 26.1. The summed E-state index contributed by atoms with van der Waals surface area (Å²) in [6.45, 7) is 11.7. The highest BCUT2D eigenvalue weighted by atomic mass is 16.5. The molecule has 4 aliphatic carbocycles. The van der Waals surface area contributed by atoms with Gasteiger partial charge >= 0.3 is 0 Å². The Labute approximate surface area is 540 Å². The van der Waals surface area contributed by atoms with E-state index in [0.29, 0.717) is 26.4 Å². The zero-order chi connectivity index (χ0) is 62.2. The smallest absolute Gasteiger partial charge is 0.136 e. The van der Waals surface area contributed by atoms with E-state index in [9.17, 15) is 0 Å². The summed E-state index contributed by atoms with van der Waals surface area (Å²) in [5.41, 5.74) is 10.2. The molecule has 0 saturated heterocycles. The summed E-state index contributed by atoms with van der Waals surface area (Å²) in [4.78, 5) is 0.